The number of rotatable bonds is 3. The van der Waals surface area contributed by atoms with E-state index in [1.165, 1.54) is 19.4 Å². The van der Waals surface area contributed by atoms with Crippen LogP contribution in [0.15, 0.2) is 28.7 Å². The van der Waals surface area contributed by atoms with Crippen molar-refractivity contribution in [1.29, 1.82) is 0 Å². The molecule has 0 aliphatic rings. The standard InChI is InChI=1S/C11H12BrNS/c12-11-8-4-1-2-5-9(8)14-10(11)6-3-7-13/h1-2,4-5H,3,6-7,13H2. The zero-order chi connectivity index (χ0) is 9.97. The summed E-state index contributed by atoms with van der Waals surface area (Å²) in [4.78, 5) is 1.41. The average Bonchev–Trinajstić information content (AvgIpc) is 2.54. The molecule has 0 fully saturated rings. The topological polar surface area (TPSA) is 26.0 Å². The lowest BCUT2D eigenvalue weighted by molar-refractivity contribution is 0.841. The van der Waals surface area contributed by atoms with Gasteiger partial charge < -0.3 is 5.73 Å². The van der Waals surface area contributed by atoms with E-state index in [9.17, 15) is 0 Å². The Morgan fingerprint density at radius 1 is 1.29 bits per heavy atom. The van der Waals surface area contributed by atoms with Crippen molar-refractivity contribution in [2.75, 3.05) is 6.54 Å². The van der Waals surface area contributed by atoms with Gasteiger partial charge in [0, 0.05) is 19.4 Å². The molecule has 2 aromatic rings. The number of hydrogen-bond acceptors (Lipinski definition) is 2. The maximum atomic E-state index is 5.51. The summed E-state index contributed by atoms with van der Waals surface area (Å²) in [5.41, 5.74) is 5.51. The highest BCUT2D eigenvalue weighted by Crippen LogP contribution is 2.35. The SMILES string of the molecule is NCCCc1sc2ccccc2c1Br. The van der Waals surface area contributed by atoms with Crippen molar-refractivity contribution in [3.05, 3.63) is 33.6 Å². The van der Waals surface area contributed by atoms with Gasteiger partial charge in [0.05, 0.1) is 0 Å². The first kappa shape index (κ1) is 10.1. The number of halogens is 1. The van der Waals surface area contributed by atoms with Crippen molar-refractivity contribution >= 4 is 37.4 Å². The van der Waals surface area contributed by atoms with Crippen molar-refractivity contribution < 1.29 is 0 Å². The average molecular weight is 270 g/mol. The van der Waals surface area contributed by atoms with Gasteiger partial charge in [-0.05, 0) is 41.4 Å². The molecule has 2 rings (SSSR count). The number of thiophene rings is 1. The maximum Gasteiger partial charge on any atom is 0.0393 e. The Kier molecular flexibility index (Phi) is 3.21. The highest BCUT2D eigenvalue weighted by atomic mass is 79.9. The smallest absolute Gasteiger partial charge is 0.0393 e. The quantitative estimate of drug-likeness (QED) is 0.906. The van der Waals surface area contributed by atoms with Gasteiger partial charge in [-0.2, -0.15) is 0 Å². The number of hydrogen-bond donors (Lipinski definition) is 1. The van der Waals surface area contributed by atoms with E-state index in [1.807, 2.05) is 11.3 Å². The minimum absolute atomic E-state index is 0.765. The van der Waals surface area contributed by atoms with Gasteiger partial charge >= 0.3 is 0 Å². The lowest BCUT2D eigenvalue weighted by Crippen LogP contribution is -1.99. The molecule has 0 bridgehead atoms. The van der Waals surface area contributed by atoms with Crippen molar-refractivity contribution in [1.82, 2.24) is 0 Å². The molecule has 74 valence electrons. The second-order valence-corrected chi connectivity index (χ2v) is 5.16. The predicted octanol–water partition coefficient (Wildman–Crippen LogP) is 3.56. The lowest BCUT2D eigenvalue weighted by Gasteiger charge is -1.95. The molecule has 0 atom stereocenters. The molecule has 1 nitrogen and oxygen atoms in total. The summed E-state index contributed by atoms with van der Waals surface area (Å²) in [6.45, 7) is 0.765. The van der Waals surface area contributed by atoms with Crippen LogP contribution in [0.2, 0.25) is 0 Å². The molecule has 0 saturated heterocycles. The van der Waals surface area contributed by atoms with Crippen LogP contribution in [0.4, 0.5) is 0 Å². The van der Waals surface area contributed by atoms with Gasteiger partial charge in [0.2, 0.25) is 0 Å². The normalized spacial score (nSPS) is 11.0. The summed E-state index contributed by atoms with van der Waals surface area (Å²) in [5, 5.41) is 1.32. The molecule has 0 amide bonds. The van der Waals surface area contributed by atoms with Gasteiger partial charge in [0.1, 0.15) is 0 Å². The van der Waals surface area contributed by atoms with E-state index in [0.29, 0.717) is 0 Å². The fourth-order valence-corrected chi connectivity index (χ4v) is 3.54. The lowest BCUT2D eigenvalue weighted by atomic mass is 10.2. The van der Waals surface area contributed by atoms with Crippen molar-refractivity contribution in [3.63, 3.8) is 0 Å². The van der Waals surface area contributed by atoms with Crippen molar-refractivity contribution in [3.8, 4) is 0 Å². The highest BCUT2D eigenvalue weighted by Gasteiger charge is 2.07. The summed E-state index contributed by atoms with van der Waals surface area (Å²) >= 11 is 5.51. The highest BCUT2D eigenvalue weighted by molar-refractivity contribution is 9.10. The first-order valence-corrected chi connectivity index (χ1v) is 6.30. The van der Waals surface area contributed by atoms with Crippen LogP contribution >= 0.6 is 27.3 Å². The Hall–Kier alpha value is -0.380. The second kappa shape index (κ2) is 4.43. The Labute approximate surface area is 96.1 Å². The summed E-state index contributed by atoms with van der Waals surface area (Å²) in [6.07, 6.45) is 2.14. The van der Waals surface area contributed by atoms with Crippen LogP contribution in [0, 0.1) is 0 Å². The minimum atomic E-state index is 0.765. The third-order valence-corrected chi connectivity index (χ3v) is 4.61. The molecule has 0 aliphatic heterocycles. The number of aryl methyl sites for hydroxylation is 1. The fourth-order valence-electron chi connectivity index (χ4n) is 1.49. The zero-order valence-corrected chi connectivity index (χ0v) is 10.2. The molecule has 1 aromatic carbocycles. The van der Waals surface area contributed by atoms with E-state index in [4.69, 9.17) is 5.73 Å². The Morgan fingerprint density at radius 3 is 2.79 bits per heavy atom. The van der Waals surface area contributed by atoms with E-state index < -0.39 is 0 Å². The van der Waals surface area contributed by atoms with Crippen molar-refractivity contribution in [2.24, 2.45) is 5.73 Å². The van der Waals surface area contributed by atoms with Crippen LogP contribution < -0.4 is 5.73 Å². The molecular formula is C11H12BrNS. The number of fused-ring (bicyclic) bond motifs is 1. The Balaban J connectivity index is 2.41. The molecule has 1 heterocycles. The summed E-state index contributed by atoms with van der Waals surface area (Å²) in [7, 11) is 0. The minimum Gasteiger partial charge on any atom is -0.330 e. The molecule has 0 unspecified atom stereocenters. The number of benzene rings is 1. The molecule has 2 N–H and O–H groups in total. The monoisotopic (exact) mass is 269 g/mol. The molecule has 0 spiro atoms. The molecule has 14 heavy (non-hydrogen) atoms. The third-order valence-electron chi connectivity index (χ3n) is 2.21. The van der Waals surface area contributed by atoms with Gasteiger partial charge in [0.15, 0.2) is 0 Å². The van der Waals surface area contributed by atoms with Crippen molar-refractivity contribution in [2.45, 2.75) is 12.8 Å². The first-order valence-electron chi connectivity index (χ1n) is 4.69. The van der Waals surface area contributed by atoms with E-state index in [-0.39, 0.29) is 0 Å². The Bertz CT molecular complexity index is 436. The maximum absolute atomic E-state index is 5.51. The fraction of sp³-hybridized carbons (Fsp3) is 0.273. The molecule has 3 heteroatoms. The van der Waals surface area contributed by atoms with Gasteiger partial charge in [-0.25, -0.2) is 0 Å². The molecule has 0 saturated carbocycles. The number of nitrogens with two attached hydrogens (primary N) is 1. The summed E-state index contributed by atoms with van der Waals surface area (Å²) in [6, 6.07) is 8.48. The van der Waals surface area contributed by atoms with Crippen LogP contribution in [0.1, 0.15) is 11.3 Å². The van der Waals surface area contributed by atoms with Gasteiger partial charge in [-0.15, -0.1) is 11.3 Å². The third kappa shape index (κ3) is 1.85. The Morgan fingerprint density at radius 2 is 2.07 bits per heavy atom. The summed E-state index contributed by atoms with van der Waals surface area (Å²) in [5.74, 6) is 0. The molecule has 0 aliphatic carbocycles. The van der Waals surface area contributed by atoms with Crippen LogP contribution in [0.25, 0.3) is 10.1 Å². The van der Waals surface area contributed by atoms with Crippen LogP contribution in [-0.4, -0.2) is 6.54 Å². The summed E-state index contributed by atoms with van der Waals surface area (Å²) < 4.78 is 2.61. The zero-order valence-electron chi connectivity index (χ0n) is 7.79. The van der Waals surface area contributed by atoms with Crippen LogP contribution in [-0.2, 0) is 6.42 Å². The van der Waals surface area contributed by atoms with Gasteiger partial charge in [-0.1, -0.05) is 18.2 Å². The van der Waals surface area contributed by atoms with E-state index in [0.717, 1.165) is 19.4 Å². The molecule has 0 radical (unpaired) electrons. The largest absolute Gasteiger partial charge is 0.330 e. The first-order chi connectivity index (χ1) is 6.83. The molecule has 1 aromatic heterocycles. The second-order valence-electron chi connectivity index (χ2n) is 3.23. The van der Waals surface area contributed by atoms with E-state index in [1.54, 1.807) is 0 Å². The van der Waals surface area contributed by atoms with E-state index in [2.05, 4.69) is 40.2 Å². The molecular weight excluding hydrogens is 258 g/mol. The van der Waals surface area contributed by atoms with Gasteiger partial charge in [0.25, 0.3) is 0 Å². The van der Waals surface area contributed by atoms with Crippen LogP contribution in [0.5, 0.6) is 0 Å². The predicted molar refractivity (Wildman–Crippen MR) is 66.9 cm³/mol. The van der Waals surface area contributed by atoms with Gasteiger partial charge in [-0.3, -0.25) is 0 Å². The van der Waals surface area contributed by atoms with Crippen LogP contribution in [0.3, 0.4) is 0 Å². The van der Waals surface area contributed by atoms with E-state index >= 15 is 0 Å².